The quantitative estimate of drug-likeness (QED) is 0.273. The number of halogens is 1. The standard InChI is InChI=1S/C24H47N7O.HI/c1-5-25-23(27-21-9-15-30(16-10-21)19-22(32)28(2)3)26-20-24(11-17-29(4)18-12-24)31-13-7-6-8-14-31;/h21H,5-20H2,1-4H3,(H2,25,26,27);1H. The molecule has 0 spiro atoms. The van der Waals surface area contributed by atoms with Crippen molar-refractivity contribution in [2.75, 3.05) is 80.0 Å². The third kappa shape index (κ3) is 8.50. The molecule has 0 atom stereocenters. The molecule has 0 saturated carbocycles. The Kier molecular flexibility index (Phi) is 12.2. The minimum Gasteiger partial charge on any atom is -0.357 e. The van der Waals surface area contributed by atoms with Crippen LogP contribution in [0.5, 0.6) is 0 Å². The van der Waals surface area contributed by atoms with Gasteiger partial charge >= 0.3 is 0 Å². The number of carbonyl (C=O) groups is 1. The summed E-state index contributed by atoms with van der Waals surface area (Å²) in [4.78, 5) is 26.3. The minimum atomic E-state index is 0. The summed E-state index contributed by atoms with van der Waals surface area (Å²) >= 11 is 0. The van der Waals surface area contributed by atoms with Gasteiger partial charge in [0.1, 0.15) is 0 Å². The summed E-state index contributed by atoms with van der Waals surface area (Å²) in [6, 6.07) is 0.418. The monoisotopic (exact) mass is 577 g/mol. The van der Waals surface area contributed by atoms with Gasteiger partial charge in [0.2, 0.25) is 5.91 Å². The molecule has 3 fully saturated rings. The van der Waals surface area contributed by atoms with E-state index in [1.807, 2.05) is 14.1 Å². The van der Waals surface area contributed by atoms with Crippen LogP contribution in [0.25, 0.3) is 0 Å². The van der Waals surface area contributed by atoms with Crippen molar-refractivity contribution in [3.05, 3.63) is 0 Å². The fourth-order valence-electron chi connectivity index (χ4n) is 5.29. The maximum absolute atomic E-state index is 12.0. The van der Waals surface area contributed by atoms with E-state index < -0.39 is 0 Å². The second-order valence-electron chi connectivity index (χ2n) is 10.3. The SMILES string of the molecule is CCNC(=NCC1(N2CCCCC2)CCN(C)CC1)NC1CCN(CC(=O)N(C)C)CC1.I. The Morgan fingerprint density at radius 3 is 2.24 bits per heavy atom. The fourth-order valence-corrected chi connectivity index (χ4v) is 5.29. The second kappa shape index (κ2) is 14.0. The molecule has 9 heteroatoms. The summed E-state index contributed by atoms with van der Waals surface area (Å²) in [6.45, 7) is 11.1. The summed E-state index contributed by atoms with van der Waals surface area (Å²) in [6.07, 6.45) is 8.55. The molecular weight excluding hydrogens is 529 g/mol. The molecule has 0 bridgehead atoms. The topological polar surface area (TPSA) is 66.5 Å². The van der Waals surface area contributed by atoms with Crippen LogP contribution in [0.1, 0.15) is 51.9 Å². The summed E-state index contributed by atoms with van der Waals surface area (Å²) in [7, 11) is 5.90. The van der Waals surface area contributed by atoms with Crippen molar-refractivity contribution in [3.63, 3.8) is 0 Å². The van der Waals surface area contributed by atoms with Crippen LogP contribution in [-0.2, 0) is 4.79 Å². The molecule has 0 aromatic heterocycles. The zero-order chi connectivity index (χ0) is 23.0. The number of likely N-dealkylation sites (N-methyl/N-ethyl adjacent to an activating group) is 1. The largest absolute Gasteiger partial charge is 0.357 e. The summed E-state index contributed by atoms with van der Waals surface area (Å²) in [5.74, 6) is 1.15. The average Bonchev–Trinajstić information content (AvgIpc) is 2.80. The number of hydrogen-bond donors (Lipinski definition) is 2. The maximum Gasteiger partial charge on any atom is 0.236 e. The highest BCUT2D eigenvalue weighted by Gasteiger charge is 2.39. The van der Waals surface area contributed by atoms with Gasteiger partial charge < -0.3 is 20.4 Å². The van der Waals surface area contributed by atoms with Crippen LogP contribution in [0.4, 0.5) is 0 Å². The van der Waals surface area contributed by atoms with Gasteiger partial charge in [-0.25, -0.2) is 0 Å². The van der Waals surface area contributed by atoms with Gasteiger partial charge in [-0.15, -0.1) is 24.0 Å². The molecule has 0 radical (unpaired) electrons. The molecule has 3 aliphatic rings. The molecule has 1 amide bonds. The molecule has 33 heavy (non-hydrogen) atoms. The highest BCUT2D eigenvalue weighted by Crippen LogP contribution is 2.31. The van der Waals surface area contributed by atoms with Crippen molar-refractivity contribution in [1.29, 1.82) is 0 Å². The first-order valence-corrected chi connectivity index (χ1v) is 12.8. The van der Waals surface area contributed by atoms with Crippen molar-refractivity contribution in [2.24, 2.45) is 4.99 Å². The van der Waals surface area contributed by atoms with Gasteiger partial charge in [0.25, 0.3) is 0 Å². The van der Waals surface area contributed by atoms with Gasteiger partial charge in [0.05, 0.1) is 13.1 Å². The van der Waals surface area contributed by atoms with E-state index in [1.54, 1.807) is 4.90 Å². The van der Waals surface area contributed by atoms with Gasteiger partial charge in [0, 0.05) is 45.3 Å². The van der Waals surface area contributed by atoms with Crippen LogP contribution >= 0.6 is 24.0 Å². The van der Waals surface area contributed by atoms with Crippen LogP contribution in [0.3, 0.4) is 0 Å². The molecule has 3 rings (SSSR count). The Morgan fingerprint density at radius 1 is 1.03 bits per heavy atom. The molecule has 0 aromatic carbocycles. The van der Waals surface area contributed by atoms with E-state index in [9.17, 15) is 4.79 Å². The lowest BCUT2D eigenvalue weighted by molar-refractivity contribution is -0.130. The van der Waals surface area contributed by atoms with Gasteiger partial charge in [-0.2, -0.15) is 0 Å². The van der Waals surface area contributed by atoms with Crippen molar-refractivity contribution < 1.29 is 4.79 Å². The predicted octanol–water partition coefficient (Wildman–Crippen LogP) is 1.66. The number of piperidine rings is 3. The molecular formula is C24H48IN7O. The van der Waals surface area contributed by atoms with Crippen LogP contribution in [0.15, 0.2) is 4.99 Å². The van der Waals surface area contributed by atoms with Gasteiger partial charge in [-0.05, 0) is 78.7 Å². The maximum atomic E-state index is 12.0. The number of nitrogens with zero attached hydrogens (tertiary/aromatic N) is 5. The highest BCUT2D eigenvalue weighted by atomic mass is 127. The van der Waals surface area contributed by atoms with E-state index in [1.165, 1.54) is 58.3 Å². The third-order valence-corrected chi connectivity index (χ3v) is 7.61. The molecule has 2 N–H and O–H groups in total. The van der Waals surface area contributed by atoms with Gasteiger partial charge in [0.15, 0.2) is 5.96 Å². The molecule has 3 heterocycles. The van der Waals surface area contributed by atoms with Crippen molar-refractivity contribution >= 4 is 35.8 Å². The summed E-state index contributed by atoms with van der Waals surface area (Å²) in [5, 5.41) is 7.20. The number of carbonyl (C=O) groups excluding carboxylic acids is 1. The Morgan fingerprint density at radius 2 is 1.67 bits per heavy atom. The van der Waals surface area contributed by atoms with Crippen molar-refractivity contribution in [2.45, 2.75) is 63.5 Å². The molecule has 0 aromatic rings. The van der Waals surface area contributed by atoms with E-state index in [-0.39, 0.29) is 35.4 Å². The lowest BCUT2D eigenvalue weighted by Crippen LogP contribution is -2.58. The van der Waals surface area contributed by atoms with Crippen molar-refractivity contribution in [3.8, 4) is 0 Å². The van der Waals surface area contributed by atoms with Crippen molar-refractivity contribution in [1.82, 2.24) is 30.2 Å². The van der Waals surface area contributed by atoms with E-state index in [2.05, 4.69) is 39.3 Å². The molecule has 8 nitrogen and oxygen atoms in total. The Hall–Kier alpha value is -0.650. The molecule has 0 aliphatic carbocycles. The summed E-state index contributed by atoms with van der Waals surface area (Å²) < 4.78 is 0. The second-order valence-corrected chi connectivity index (χ2v) is 10.3. The Labute approximate surface area is 218 Å². The molecule has 3 saturated heterocycles. The smallest absolute Gasteiger partial charge is 0.236 e. The van der Waals surface area contributed by atoms with E-state index in [0.717, 1.165) is 45.0 Å². The molecule has 192 valence electrons. The normalized spacial score (nSPS) is 23.6. The minimum absolute atomic E-state index is 0. The lowest BCUT2D eigenvalue weighted by Gasteiger charge is -2.49. The first kappa shape index (κ1) is 28.6. The number of hydrogen-bond acceptors (Lipinski definition) is 5. The van der Waals surface area contributed by atoms with Crippen LogP contribution in [0.2, 0.25) is 0 Å². The zero-order valence-corrected chi connectivity index (χ0v) is 23.8. The average molecular weight is 578 g/mol. The number of guanidine groups is 1. The van der Waals surface area contributed by atoms with Gasteiger partial charge in [-0.3, -0.25) is 19.6 Å². The number of nitrogens with one attached hydrogen (secondary N) is 2. The number of aliphatic imine (C=N–C) groups is 1. The predicted molar refractivity (Wildman–Crippen MR) is 148 cm³/mol. The first-order valence-electron chi connectivity index (χ1n) is 12.8. The molecule has 0 unspecified atom stereocenters. The zero-order valence-electron chi connectivity index (χ0n) is 21.4. The highest BCUT2D eigenvalue weighted by molar-refractivity contribution is 14.0. The third-order valence-electron chi connectivity index (χ3n) is 7.61. The van der Waals surface area contributed by atoms with Crippen LogP contribution < -0.4 is 10.6 Å². The Bertz CT molecular complexity index is 608. The Balaban J connectivity index is 0.00000385. The van der Waals surface area contributed by atoms with Crippen LogP contribution in [0, 0.1) is 0 Å². The fraction of sp³-hybridized carbons (Fsp3) is 0.917. The number of likely N-dealkylation sites (tertiary alicyclic amines) is 3. The lowest BCUT2D eigenvalue weighted by atomic mass is 9.84. The van der Waals surface area contributed by atoms with E-state index >= 15 is 0 Å². The van der Waals surface area contributed by atoms with Gasteiger partial charge in [-0.1, -0.05) is 6.42 Å². The molecule has 3 aliphatic heterocycles. The number of rotatable bonds is 7. The van der Waals surface area contributed by atoms with Crippen LogP contribution in [-0.4, -0.2) is 123 Å². The summed E-state index contributed by atoms with van der Waals surface area (Å²) in [5.41, 5.74) is 0.213. The first-order chi connectivity index (χ1) is 15.4. The number of amides is 1. The van der Waals surface area contributed by atoms with E-state index in [0.29, 0.717) is 12.6 Å². The van der Waals surface area contributed by atoms with E-state index in [4.69, 9.17) is 4.99 Å².